The first-order valence-electron chi connectivity index (χ1n) is 10.0. The summed E-state index contributed by atoms with van der Waals surface area (Å²) in [5.41, 5.74) is 2.20. The Morgan fingerprint density at radius 1 is 1.24 bits per heavy atom. The molecule has 0 bridgehead atoms. The molecule has 1 aliphatic carbocycles. The summed E-state index contributed by atoms with van der Waals surface area (Å²) in [6.45, 7) is 2.81. The molecule has 1 N–H and O–H groups in total. The first-order chi connectivity index (χ1) is 14.1. The quantitative estimate of drug-likeness (QED) is 0.669. The van der Waals surface area contributed by atoms with Crippen LogP contribution in [0, 0.1) is 6.92 Å². The van der Waals surface area contributed by atoms with Crippen LogP contribution in [0.3, 0.4) is 0 Å². The Morgan fingerprint density at radius 3 is 2.59 bits per heavy atom. The van der Waals surface area contributed by atoms with E-state index in [0.717, 1.165) is 54.8 Å². The number of nitrogens with zero attached hydrogens (tertiary/aromatic N) is 3. The van der Waals surface area contributed by atoms with Crippen molar-refractivity contribution < 1.29 is 14.3 Å². The first-order valence-corrected chi connectivity index (χ1v) is 10.9. The van der Waals surface area contributed by atoms with E-state index < -0.39 is 6.04 Å². The zero-order valence-corrected chi connectivity index (χ0v) is 17.8. The maximum absolute atomic E-state index is 13.4. The standard InChI is InChI=1S/C21H28N4O3S/c1-15-8-10-16(11-9-15)19(20(26)22-12-13-28-2)25(17-6-4-3-5-7-17)21(27)18-14-29-24-23-18/h8-11,14,17,19H,3-7,12-13H2,1-2H3,(H,22,26)/t19-/m0/s1. The van der Waals surface area contributed by atoms with Crippen LogP contribution in [0.2, 0.25) is 0 Å². The summed E-state index contributed by atoms with van der Waals surface area (Å²) in [7, 11) is 1.59. The predicted molar refractivity (Wildman–Crippen MR) is 112 cm³/mol. The molecule has 1 aromatic heterocycles. The highest BCUT2D eigenvalue weighted by Gasteiger charge is 2.38. The molecule has 0 saturated heterocycles. The van der Waals surface area contributed by atoms with Gasteiger partial charge in [0.15, 0.2) is 5.69 Å². The van der Waals surface area contributed by atoms with Gasteiger partial charge >= 0.3 is 0 Å². The number of aryl methyl sites for hydroxylation is 1. The number of amides is 2. The van der Waals surface area contributed by atoms with E-state index in [1.165, 1.54) is 0 Å². The molecule has 8 heteroatoms. The fraction of sp³-hybridized carbons (Fsp3) is 0.524. The minimum Gasteiger partial charge on any atom is -0.383 e. The molecule has 0 spiro atoms. The Morgan fingerprint density at radius 2 is 1.97 bits per heavy atom. The molecule has 1 atom stereocenters. The van der Waals surface area contributed by atoms with Gasteiger partial charge in [-0.25, -0.2) is 0 Å². The smallest absolute Gasteiger partial charge is 0.276 e. The summed E-state index contributed by atoms with van der Waals surface area (Å²) in [5, 5.41) is 8.55. The fourth-order valence-electron chi connectivity index (χ4n) is 3.80. The Balaban J connectivity index is 1.99. The van der Waals surface area contributed by atoms with Crippen LogP contribution in [0.1, 0.15) is 59.8 Å². The molecule has 7 nitrogen and oxygen atoms in total. The number of nitrogens with one attached hydrogen (secondary N) is 1. The Hall–Kier alpha value is -2.32. The van der Waals surface area contributed by atoms with Crippen molar-refractivity contribution in [2.45, 2.75) is 51.1 Å². The second-order valence-corrected chi connectivity index (χ2v) is 8.00. The van der Waals surface area contributed by atoms with Gasteiger partial charge in [0, 0.05) is 25.1 Å². The van der Waals surface area contributed by atoms with Crippen LogP contribution in [0.15, 0.2) is 29.6 Å². The van der Waals surface area contributed by atoms with E-state index in [1.807, 2.05) is 31.2 Å². The van der Waals surface area contributed by atoms with Crippen LogP contribution in [0.4, 0.5) is 0 Å². The van der Waals surface area contributed by atoms with Crippen molar-refractivity contribution >= 4 is 23.3 Å². The van der Waals surface area contributed by atoms with Crippen LogP contribution in [0.5, 0.6) is 0 Å². The summed E-state index contributed by atoms with van der Waals surface area (Å²) in [4.78, 5) is 28.5. The molecule has 1 aliphatic rings. The van der Waals surface area contributed by atoms with Crippen molar-refractivity contribution in [3.05, 3.63) is 46.5 Å². The molecule has 3 rings (SSSR count). The lowest BCUT2D eigenvalue weighted by Gasteiger charge is -2.39. The van der Waals surface area contributed by atoms with Gasteiger partial charge in [-0.05, 0) is 36.9 Å². The molecular formula is C21H28N4O3S. The topological polar surface area (TPSA) is 84.4 Å². The summed E-state index contributed by atoms with van der Waals surface area (Å²) in [6, 6.07) is 7.08. The Kier molecular flexibility index (Phi) is 7.71. The summed E-state index contributed by atoms with van der Waals surface area (Å²) in [5.74, 6) is -0.439. The van der Waals surface area contributed by atoms with Crippen LogP contribution < -0.4 is 5.32 Å². The molecule has 1 fully saturated rings. The van der Waals surface area contributed by atoms with Gasteiger partial charge < -0.3 is 15.0 Å². The van der Waals surface area contributed by atoms with Crippen molar-refractivity contribution in [3.63, 3.8) is 0 Å². The molecule has 2 amide bonds. The normalized spacial score (nSPS) is 15.7. The highest BCUT2D eigenvalue weighted by atomic mass is 32.1. The zero-order valence-electron chi connectivity index (χ0n) is 17.0. The number of hydrogen-bond acceptors (Lipinski definition) is 6. The van der Waals surface area contributed by atoms with Gasteiger partial charge in [0.05, 0.1) is 6.61 Å². The van der Waals surface area contributed by atoms with Gasteiger partial charge in [-0.3, -0.25) is 9.59 Å². The minimum absolute atomic E-state index is 0.00238. The van der Waals surface area contributed by atoms with E-state index >= 15 is 0 Å². The number of carbonyl (C=O) groups excluding carboxylic acids is 2. The van der Waals surface area contributed by atoms with Crippen molar-refractivity contribution in [2.75, 3.05) is 20.3 Å². The SMILES string of the molecule is COCCNC(=O)[C@H](c1ccc(C)cc1)N(C(=O)c1csnn1)C1CCCCC1. The molecule has 0 unspecified atom stereocenters. The first kappa shape index (κ1) is 21.4. The van der Waals surface area contributed by atoms with Crippen molar-refractivity contribution in [3.8, 4) is 0 Å². The second-order valence-electron chi connectivity index (χ2n) is 7.39. The van der Waals surface area contributed by atoms with E-state index in [0.29, 0.717) is 18.8 Å². The van der Waals surface area contributed by atoms with Gasteiger partial charge in [0.25, 0.3) is 5.91 Å². The lowest BCUT2D eigenvalue weighted by atomic mass is 9.91. The lowest BCUT2D eigenvalue weighted by molar-refractivity contribution is -0.127. The number of benzene rings is 1. The number of carbonyl (C=O) groups is 2. The van der Waals surface area contributed by atoms with Gasteiger partial charge in [-0.2, -0.15) is 0 Å². The summed E-state index contributed by atoms with van der Waals surface area (Å²) >= 11 is 1.14. The minimum atomic E-state index is -0.718. The van der Waals surface area contributed by atoms with E-state index in [-0.39, 0.29) is 17.9 Å². The van der Waals surface area contributed by atoms with Gasteiger partial charge in [-0.15, -0.1) is 5.10 Å². The van der Waals surface area contributed by atoms with E-state index in [4.69, 9.17) is 4.74 Å². The van der Waals surface area contributed by atoms with Gasteiger partial charge in [0.1, 0.15) is 6.04 Å². The third-order valence-electron chi connectivity index (χ3n) is 5.31. The summed E-state index contributed by atoms with van der Waals surface area (Å²) in [6.07, 6.45) is 5.03. The molecule has 1 aromatic carbocycles. The maximum atomic E-state index is 13.4. The van der Waals surface area contributed by atoms with Crippen LogP contribution in [-0.2, 0) is 9.53 Å². The number of hydrogen-bond donors (Lipinski definition) is 1. The molecule has 2 aromatic rings. The van der Waals surface area contributed by atoms with Crippen LogP contribution >= 0.6 is 11.5 Å². The van der Waals surface area contributed by atoms with Crippen LogP contribution in [0.25, 0.3) is 0 Å². The molecule has 1 saturated carbocycles. The molecule has 156 valence electrons. The average Bonchev–Trinajstić information content (AvgIpc) is 3.28. The summed E-state index contributed by atoms with van der Waals surface area (Å²) < 4.78 is 8.91. The highest BCUT2D eigenvalue weighted by molar-refractivity contribution is 7.03. The Bertz CT molecular complexity index is 789. The average molecular weight is 417 g/mol. The number of aromatic nitrogens is 2. The zero-order chi connectivity index (χ0) is 20.6. The molecule has 0 aliphatic heterocycles. The molecule has 29 heavy (non-hydrogen) atoms. The number of methoxy groups -OCH3 is 1. The third kappa shape index (κ3) is 5.39. The molecule has 0 radical (unpaired) electrons. The Labute approximate surface area is 175 Å². The lowest BCUT2D eigenvalue weighted by Crippen LogP contribution is -2.50. The highest BCUT2D eigenvalue weighted by Crippen LogP contribution is 2.32. The van der Waals surface area contributed by atoms with Crippen LogP contribution in [-0.4, -0.2) is 52.6 Å². The van der Waals surface area contributed by atoms with Crippen molar-refractivity contribution in [1.82, 2.24) is 19.8 Å². The number of ether oxygens (including phenoxy) is 1. The van der Waals surface area contributed by atoms with Crippen molar-refractivity contribution in [2.24, 2.45) is 0 Å². The fourth-order valence-corrected chi connectivity index (χ4v) is 4.23. The predicted octanol–water partition coefficient (Wildman–Crippen LogP) is 3.13. The van der Waals surface area contributed by atoms with Gasteiger partial charge in [0.2, 0.25) is 5.91 Å². The second kappa shape index (κ2) is 10.5. The maximum Gasteiger partial charge on any atom is 0.276 e. The number of rotatable bonds is 8. The van der Waals surface area contributed by atoms with E-state index in [1.54, 1.807) is 17.4 Å². The molecule has 1 heterocycles. The van der Waals surface area contributed by atoms with Gasteiger partial charge in [-0.1, -0.05) is 53.6 Å². The van der Waals surface area contributed by atoms with E-state index in [2.05, 4.69) is 14.9 Å². The van der Waals surface area contributed by atoms with Crippen molar-refractivity contribution in [1.29, 1.82) is 0 Å². The monoisotopic (exact) mass is 416 g/mol. The third-order valence-corrected chi connectivity index (χ3v) is 5.81. The molecular weight excluding hydrogens is 388 g/mol. The van der Waals surface area contributed by atoms with E-state index in [9.17, 15) is 9.59 Å². The largest absolute Gasteiger partial charge is 0.383 e.